The van der Waals surface area contributed by atoms with Gasteiger partial charge in [0.1, 0.15) is 18.1 Å². The van der Waals surface area contributed by atoms with Gasteiger partial charge in [0.2, 0.25) is 11.7 Å². The van der Waals surface area contributed by atoms with Crippen LogP contribution in [0, 0.1) is 6.92 Å². The van der Waals surface area contributed by atoms with Gasteiger partial charge in [-0.2, -0.15) is 18.2 Å². The highest BCUT2D eigenvalue weighted by molar-refractivity contribution is 5.96. The molecule has 2 aromatic carbocycles. The average Bonchev–Trinajstić information content (AvgIpc) is 3.14. The number of aryl methyl sites for hydroxylation is 1. The predicted molar refractivity (Wildman–Crippen MR) is 99.1 cm³/mol. The van der Waals surface area contributed by atoms with Crippen molar-refractivity contribution in [1.82, 2.24) is 15.5 Å². The van der Waals surface area contributed by atoms with E-state index in [4.69, 9.17) is 14.0 Å². The van der Waals surface area contributed by atoms with Crippen LogP contribution in [0.3, 0.4) is 0 Å². The molecule has 1 heterocycles. The monoisotopic (exact) mass is 421 g/mol. The number of hydrogen-bond donors (Lipinski definition) is 1. The van der Waals surface area contributed by atoms with Crippen LogP contribution in [-0.4, -0.2) is 29.2 Å². The molecule has 0 saturated heterocycles. The van der Waals surface area contributed by atoms with E-state index in [0.29, 0.717) is 23.0 Å². The van der Waals surface area contributed by atoms with Gasteiger partial charge in [0, 0.05) is 6.92 Å². The Bertz CT molecular complexity index is 987. The summed E-state index contributed by atoms with van der Waals surface area (Å²) < 4.78 is 53.5. The molecular formula is C20H18F3N3O4. The number of carbonyl (C=O) groups excluding carboxylic acids is 1. The number of amides is 1. The van der Waals surface area contributed by atoms with Crippen LogP contribution in [0.5, 0.6) is 11.5 Å². The number of ether oxygens (including phenoxy) is 2. The summed E-state index contributed by atoms with van der Waals surface area (Å²) in [5, 5.41) is 6.40. The van der Waals surface area contributed by atoms with Gasteiger partial charge in [-0.05, 0) is 36.4 Å². The summed E-state index contributed by atoms with van der Waals surface area (Å²) in [6.45, 7) is 1.93. The Morgan fingerprint density at radius 1 is 1.10 bits per heavy atom. The van der Waals surface area contributed by atoms with Gasteiger partial charge in [0.25, 0.3) is 5.91 Å². The number of hydrogen-bond acceptors (Lipinski definition) is 6. The third-order valence-electron chi connectivity index (χ3n) is 3.90. The number of aromatic nitrogens is 2. The van der Waals surface area contributed by atoms with Crippen LogP contribution in [0.2, 0.25) is 0 Å². The zero-order chi connectivity index (χ0) is 21.6. The van der Waals surface area contributed by atoms with Crippen LogP contribution in [0.25, 0.3) is 0 Å². The molecule has 1 amide bonds. The van der Waals surface area contributed by atoms with Gasteiger partial charge in [-0.25, -0.2) is 0 Å². The molecule has 3 aromatic rings. The maximum absolute atomic E-state index is 12.6. The Hall–Kier alpha value is -3.56. The molecule has 0 spiro atoms. The molecule has 0 aliphatic rings. The van der Waals surface area contributed by atoms with Crippen molar-refractivity contribution in [2.45, 2.75) is 19.7 Å². The van der Waals surface area contributed by atoms with Gasteiger partial charge in [0.05, 0.1) is 17.7 Å². The van der Waals surface area contributed by atoms with Crippen LogP contribution in [-0.2, 0) is 12.8 Å². The summed E-state index contributed by atoms with van der Waals surface area (Å²) in [6, 6.07) is 11.0. The maximum atomic E-state index is 12.6. The smallest absolute Gasteiger partial charge is 0.416 e. The Morgan fingerprint density at radius 3 is 2.50 bits per heavy atom. The van der Waals surface area contributed by atoms with E-state index in [1.807, 2.05) is 0 Å². The van der Waals surface area contributed by atoms with Gasteiger partial charge in [0.15, 0.2) is 6.61 Å². The van der Waals surface area contributed by atoms with Crippen molar-refractivity contribution in [3.8, 4) is 11.5 Å². The third-order valence-corrected chi connectivity index (χ3v) is 3.90. The predicted octanol–water partition coefficient (Wildman–Crippen LogP) is 3.78. The number of rotatable bonds is 8. The van der Waals surface area contributed by atoms with Crippen LogP contribution < -0.4 is 14.8 Å². The lowest BCUT2D eigenvalue weighted by Crippen LogP contribution is -2.28. The highest BCUT2D eigenvalue weighted by Gasteiger charge is 2.30. The molecular weight excluding hydrogens is 403 g/mol. The molecule has 3 rings (SSSR count). The molecule has 0 fully saturated rings. The second-order valence-corrected chi connectivity index (χ2v) is 6.14. The van der Waals surface area contributed by atoms with Gasteiger partial charge in [-0.3, -0.25) is 4.79 Å². The zero-order valence-corrected chi connectivity index (χ0v) is 15.9. The maximum Gasteiger partial charge on any atom is 0.416 e. The summed E-state index contributed by atoms with van der Waals surface area (Å²) in [5.41, 5.74) is -0.442. The molecule has 0 saturated carbocycles. The standard InChI is InChI=1S/C20H18F3N3O4/c1-13-25-18(26-30-13)12-29-17-5-3-2-4-16(17)19(27)24-10-11-28-15-8-6-14(7-9-15)20(21,22)23/h2-9H,10-12H2,1H3,(H,24,27). The first kappa shape index (κ1) is 21.2. The van der Waals surface area contributed by atoms with Crippen molar-refractivity contribution in [2.24, 2.45) is 0 Å². The Balaban J connectivity index is 1.49. The molecule has 158 valence electrons. The quantitative estimate of drug-likeness (QED) is 0.557. The Morgan fingerprint density at radius 2 is 1.83 bits per heavy atom. The van der Waals surface area contributed by atoms with Crippen molar-refractivity contribution in [1.29, 1.82) is 0 Å². The second kappa shape index (κ2) is 9.29. The number of alkyl halides is 3. The summed E-state index contributed by atoms with van der Waals surface area (Å²) in [7, 11) is 0. The van der Waals surface area contributed by atoms with Crippen LogP contribution in [0.4, 0.5) is 13.2 Å². The van der Waals surface area contributed by atoms with Gasteiger partial charge in [-0.1, -0.05) is 17.3 Å². The van der Waals surface area contributed by atoms with E-state index < -0.39 is 11.7 Å². The third kappa shape index (κ3) is 5.72. The van der Waals surface area contributed by atoms with Crippen LogP contribution in [0.1, 0.15) is 27.6 Å². The average molecular weight is 421 g/mol. The molecule has 30 heavy (non-hydrogen) atoms. The number of halogens is 3. The number of benzene rings is 2. The van der Waals surface area contributed by atoms with E-state index in [1.165, 1.54) is 12.1 Å². The van der Waals surface area contributed by atoms with Crippen molar-refractivity contribution in [2.75, 3.05) is 13.2 Å². The van der Waals surface area contributed by atoms with Gasteiger partial charge in [-0.15, -0.1) is 0 Å². The van der Waals surface area contributed by atoms with Crippen molar-refractivity contribution in [3.63, 3.8) is 0 Å². The summed E-state index contributed by atoms with van der Waals surface area (Å²) >= 11 is 0. The fraction of sp³-hybridized carbons (Fsp3) is 0.250. The van der Waals surface area contributed by atoms with Gasteiger partial charge < -0.3 is 19.3 Å². The van der Waals surface area contributed by atoms with E-state index in [9.17, 15) is 18.0 Å². The molecule has 0 bridgehead atoms. The summed E-state index contributed by atoms with van der Waals surface area (Å²) in [6.07, 6.45) is -4.40. The normalized spacial score (nSPS) is 11.2. The van der Waals surface area contributed by atoms with E-state index in [-0.39, 0.29) is 31.4 Å². The molecule has 7 nitrogen and oxygen atoms in total. The number of nitrogens with zero attached hydrogens (tertiary/aromatic N) is 2. The molecule has 1 aromatic heterocycles. The minimum Gasteiger partial charge on any atom is -0.492 e. The largest absolute Gasteiger partial charge is 0.492 e. The number of carbonyl (C=O) groups is 1. The Kier molecular flexibility index (Phi) is 6.55. The first-order chi connectivity index (χ1) is 14.3. The molecule has 1 N–H and O–H groups in total. The topological polar surface area (TPSA) is 86.5 Å². The second-order valence-electron chi connectivity index (χ2n) is 6.14. The van der Waals surface area contributed by atoms with Gasteiger partial charge >= 0.3 is 6.18 Å². The molecule has 0 atom stereocenters. The lowest BCUT2D eigenvalue weighted by molar-refractivity contribution is -0.137. The first-order valence-electron chi connectivity index (χ1n) is 8.92. The lowest BCUT2D eigenvalue weighted by Gasteiger charge is -2.12. The molecule has 0 aliphatic carbocycles. The highest BCUT2D eigenvalue weighted by atomic mass is 19.4. The number of nitrogens with one attached hydrogen (secondary N) is 1. The van der Waals surface area contributed by atoms with Crippen molar-refractivity contribution in [3.05, 3.63) is 71.4 Å². The summed E-state index contributed by atoms with van der Waals surface area (Å²) in [5.74, 6) is 1.00. The molecule has 0 aliphatic heterocycles. The number of para-hydroxylation sites is 1. The van der Waals surface area contributed by atoms with E-state index in [0.717, 1.165) is 12.1 Å². The van der Waals surface area contributed by atoms with Crippen LogP contribution in [0.15, 0.2) is 53.1 Å². The van der Waals surface area contributed by atoms with E-state index in [1.54, 1.807) is 31.2 Å². The fourth-order valence-corrected chi connectivity index (χ4v) is 2.49. The van der Waals surface area contributed by atoms with Crippen molar-refractivity contribution >= 4 is 5.91 Å². The molecule has 10 heteroatoms. The lowest BCUT2D eigenvalue weighted by atomic mass is 10.2. The molecule has 0 unspecified atom stereocenters. The van der Waals surface area contributed by atoms with Crippen molar-refractivity contribution < 1.29 is 32.0 Å². The van der Waals surface area contributed by atoms with Crippen LogP contribution >= 0.6 is 0 Å². The highest BCUT2D eigenvalue weighted by Crippen LogP contribution is 2.30. The minimum atomic E-state index is -4.40. The van der Waals surface area contributed by atoms with E-state index in [2.05, 4.69) is 15.5 Å². The SMILES string of the molecule is Cc1nc(COc2ccccc2C(=O)NCCOc2ccc(C(F)(F)F)cc2)no1. The molecule has 0 radical (unpaired) electrons. The Labute approximate surface area is 169 Å². The summed E-state index contributed by atoms with van der Waals surface area (Å²) in [4.78, 5) is 16.5. The fourth-order valence-electron chi connectivity index (χ4n) is 2.49. The zero-order valence-electron chi connectivity index (χ0n) is 15.9. The first-order valence-corrected chi connectivity index (χ1v) is 8.92. The van der Waals surface area contributed by atoms with E-state index >= 15 is 0 Å². The minimum absolute atomic E-state index is 0.0403.